The number of aliphatic hydroxyl groups excluding tert-OH is 1. The van der Waals surface area contributed by atoms with Gasteiger partial charge in [0.05, 0.1) is 18.0 Å². The van der Waals surface area contributed by atoms with E-state index in [1.165, 1.54) is 0 Å². The molecule has 0 saturated carbocycles. The van der Waals surface area contributed by atoms with Gasteiger partial charge in [-0.05, 0) is 64.2 Å². The van der Waals surface area contributed by atoms with Gasteiger partial charge in [0.15, 0.2) is 0 Å². The van der Waals surface area contributed by atoms with Gasteiger partial charge < -0.3 is 24.6 Å². The van der Waals surface area contributed by atoms with Crippen molar-refractivity contribution in [1.82, 2.24) is 5.32 Å². The van der Waals surface area contributed by atoms with E-state index in [0.29, 0.717) is 31.1 Å². The number of hydrogen-bond donors (Lipinski definition) is 3. The minimum absolute atomic E-state index is 0.260. The minimum atomic E-state index is -3.56. The number of nitrogens with one attached hydrogen (secondary N) is 2. The Labute approximate surface area is 270 Å². The normalized spacial score (nSPS) is 11.9. The third kappa shape index (κ3) is 10.1. The van der Waals surface area contributed by atoms with Crippen LogP contribution in [0.3, 0.4) is 0 Å². The van der Waals surface area contributed by atoms with Crippen LogP contribution in [-0.4, -0.2) is 39.5 Å². The molecule has 0 aromatic heterocycles. The summed E-state index contributed by atoms with van der Waals surface area (Å²) in [5, 5.41) is 14.0. The van der Waals surface area contributed by atoms with Gasteiger partial charge in [0.1, 0.15) is 37.1 Å². The molecule has 238 valence electrons. The van der Waals surface area contributed by atoms with Crippen LogP contribution in [0.4, 0.5) is 5.69 Å². The molecule has 3 N–H and O–H groups in total. The van der Waals surface area contributed by atoms with Crippen LogP contribution in [0.25, 0.3) is 11.1 Å². The zero-order valence-corrected chi connectivity index (χ0v) is 26.5. The van der Waals surface area contributed by atoms with Crippen molar-refractivity contribution < 1.29 is 27.7 Å². The Morgan fingerprint density at radius 3 is 1.78 bits per heavy atom. The molecule has 0 heterocycles. The summed E-state index contributed by atoms with van der Waals surface area (Å²) in [6.07, 6.45) is 0.213. The molecule has 1 atom stereocenters. The van der Waals surface area contributed by atoms with Gasteiger partial charge in [-0.1, -0.05) is 91.0 Å². The van der Waals surface area contributed by atoms with Crippen LogP contribution in [-0.2, 0) is 23.2 Å². The minimum Gasteiger partial charge on any atom is -0.492 e. The summed E-state index contributed by atoms with van der Waals surface area (Å²) in [4.78, 5) is 0. The molecular formula is C37H38N2O6S. The van der Waals surface area contributed by atoms with E-state index in [4.69, 9.17) is 14.2 Å². The van der Waals surface area contributed by atoms with Gasteiger partial charge in [0.2, 0.25) is 10.0 Å². The molecule has 9 heteroatoms. The Morgan fingerprint density at radius 2 is 1.22 bits per heavy atom. The molecule has 5 aromatic rings. The average molecular weight is 639 g/mol. The highest BCUT2D eigenvalue weighted by molar-refractivity contribution is 7.92. The molecule has 0 aliphatic heterocycles. The molecule has 0 aliphatic carbocycles. The lowest BCUT2D eigenvalue weighted by Crippen LogP contribution is -2.26. The summed E-state index contributed by atoms with van der Waals surface area (Å²) in [5.41, 5.74) is 5.06. The largest absolute Gasteiger partial charge is 0.492 e. The highest BCUT2D eigenvalue weighted by Gasteiger charge is 2.14. The fraction of sp³-hybridized carbons (Fsp3) is 0.189. The van der Waals surface area contributed by atoms with Crippen molar-refractivity contribution in [1.29, 1.82) is 0 Å². The standard InChI is InChI=1S/C37H38N2O6S/c1-46(41,42)39-35-24-32(16-21-37(35)45-27-29-10-6-3-7-11-29)36(40)25-38-22-23-43-33-17-12-30(13-18-33)31-14-19-34(20-15-31)44-26-28-8-4-2-5-9-28/h2-21,24,36,38-40H,22-23,25-27H2,1H3. The van der Waals surface area contributed by atoms with Crippen LogP contribution >= 0.6 is 0 Å². The number of rotatable bonds is 16. The lowest BCUT2D eigenvalue weighted by Gasteiger charge is -2.17. The maximum atomic E-state index is 12.0. The first-order valence-corrected chi connectivity index (χ1v) is 16.9. The second-order valence-corrected chi connectivity index (χ2v) is 12.5. The summed E-state index contributed by atoms with van der Waals surface area (Å²) >= 11 is 0. The molecule has 8 nitrogen and oxygen atoms in total. The van der Waals surface area contributed by atoms with E-state index in [0.717, 1.165) is 40.0 Å². The summed E-state index contributed by atoms with van der Waals surface area (Å²) in [6.45, 7) is 1.99. The molecule has 0 radical (unpaired) electrons. The first-order chi connectivity index (χ1) is 22.3. The molecule has 46 heavy (non-hydrogen) atoms. The number of anilines is 1. The van der Waals surface area contributed by atoms with E-state index in [1.807, 2.05) is 109 Å². The molecule has 0 saturated heterocycles. The molecule has 0 spiro atoms. The molecule has 0 aliphatic rings. The summed E-state index contributed by atoms with van der Waals surface area (Å²) in [7, 11) is -3.56. The predicted molar refractivity (Wildman–Crippen MR) is 182 cm³/mol. The fourth-order valence-electron chi connectivity index (χ4n) is 4.72. The second kappa shape index (κ2) is 15.9. The summed E-state index contributed by atoms with van der Waals surface area (Å²) in [5.74, 6) is 1.94. The van der Waals surface area contributed by atoms with Crippen molar-refractivity contribution in [3.05, 3.63) is 144 Å². The van der Waals surface area contributed by atoms with Gasteiger partial charge in [0.25, 0.3) is 0 Å². The van der Waals surface area contributed by atoms with Gasteiger partial charge in [-0.2, -0.15) is 0 Å². The predicted octanol–water partition coefficient (Wildman–Crippen LogP) is 6.59. The summed E-state index contributed by atoms with van der Waals surface area (Å²) in [6, 6.07) is 40.6. The number of benzene rings is 5. The van der Waals surface area contributed by atoms with Crippen LogP contribution < -0.4 is 24.2 Å². The van der Waals surface area contributed by atoms with E-state index >= 15 is 0 Å². The Morgan fingerprint density at radius 1 is 0.674 bits per heavy atom. The lowest BCUT2D eigenvalue weighted by atomic mass is 10.1. The van der Waals surface area contributed by atoms with Crippen LogP contribution in [0.2, 0.25) is 0 Å². The van der Waals surface area contributed by atoms with E-state index in [9.17, 15) is 13.5 Å². The molecule has 0 amide bonds. The molecule has 5 aromatic carbocycles. The SMILES string of the molecule is CS(=O)(=O)Nc1cc(C(O)CNCCOc2ccc(-c3ccc(OCc4ccccc4)cc3)cc2)ccc1OCc1ccccc1. The molecule has 0 fully saturated rings. The molecule has 0 bridgehead atoms. The van der Waals surface area contributed by atoms with Crippen molar-refractivity contribution in [3.8, 4) is 28.4 Å². The maximum Gasteiger partial charge on any atom is 0.229 e. The third-order valence-electron chi connectivity index (χ3n) is 7.10. The monoisotopic (exact) mass is 638 g/mol. The Hall–Kier alpha value is -4.83. The Bertz CT molecular complexity index is 1770. The van der Waals surface area contributed by atoms with Gasteiger partial charge in [-0.3, -0.25) is 4.72 Å². The first-order valence-electron chi connectivity index (χ1n) is 15.0. The van der Waals surface area contributed by atoms with Crippen molar-refractivity contribution in [2.45, 2.75) is 19.3 Å². The number of aliphatic hydroxyl groups is 1. The molecule has 5 rings (SSSR count). The van der Waals surface area contributed by atoms with Crippen molar-refractivity contribution >= 4 is 15.7 Å². The van der Waals surface area contributed by atoms with Gasteiger partial charge >= 0.3 is 0 Å². The quantitative estimate of drug-likeness (QED) is 0.105. The number of ether oxygens (including phenoxy) is 3. The second-order valence-electron chi connectivity index (χ2n) is 10.8. The van der Waals surface area contributed by atoms with Crippen LogP contribution in [0, 0.1) is 0 Å². The van der Waals surface area contributed by atoms with E-state index in [-0.39, 0.29) is 18.8 Å². The summed E-state index contributed by atoms with van der Waals surface area (Å²) < 4.78 is 44.1. The number of hydrogen-bond acceptors (Lipinski definition) is 7. The van der Waals surface area contributed by atoms with E-state index < -0.39 is 16.1 Å². The van der Waals surface area contributed by atoms with E-state index in [2.05, 4.69) is 10.0 Å². The van der Waals surface area contributed by atoms with Gasteiger partial charge in [-0.15, -0.1) is 0 Å². The van der Waals surface area contributed by atoms with Crippen molar-refractivity contribution in [2.75, 3.05) is 30.7 Å². The molecular weight excluding hydrogens is 600 g/mol. The number of sulfonamides is 1. The van der Waals surface area contributed by atoms with Crippen molar-refractivity contribution in [3.63, 3.8) is 0 Å². The Kier molecular flexibility index (Phi) is 11.3. The maximum absolute atomic E-state index is 12.0. The highest BCUT2D eigenvalue weighted by Crippen LogP contribution is 2.30. The fourth-order valence-corrected chi connectivity index (χ4v) is 5.28. The zero-order chi connectivity index (χ0) is 32.2. The van der Waals surface area contributed by atoms with Gasteiger partial charge in [0, 0.05) is 13.1 Å². The average Bonchev–Trinajstić information content (AvgIpc) is 3.07. The van der Waals surface area contributed by atoms with Crippen LogP contribution in [0.1, 0.15) is 22.8 Å². The third-order valence-corrected chi connectivity index (χ3v) is 7.69. The van der Waals surface area contributed by atoms with Crippen LogP contribution in [0.5, 0.6) is 17.2 Å². The van der Waals surface area contributed by atoms with Gasteiger partial charge in [-0.25, -0.2) is 8.42 Å². The van der Waals surface area contributed by atoms with E-state index in [1.54, 1.807) is 18.2 Å². The smallest absolute Gasteiger partial charge is 0.229 e. The lowest BCUT2D eigenvalue weighted by molar-refractivity contribution is 0.172. The Balaban J connectivity index is 1.06. The topological polar surface area (TPSA) is 106 Å². The molecule has 1 unspecified atom stereocenters. The first kappa shape index (κ1) is 32.6. The van der Waals surface area contributed by atoms with Crippen LogP contribution in [0.15, 0.2) is 127 Å². The van der Waals surface area contributed by atoms with Crippen molar-refractivity contribution in [2.24, 2.45) is 0 Å². The zero-order valence-electron chi connectivity index (χ0n) is 25.6. The highest BCUT2D eigenvalue weighted by atomic mass is 32.2.